The van der Waals surface area contributed by atoms with E-state index in [1.807, 2.05) is 0 Å². The Hall–Kier alpha value is -3.19. The number of benzene rings is 1. The number of hydrogen-bond acceptors (Lipinski definition) is 5. The zero-order valence-electron chi connectivity index (χ0n) is 15.1. The van der Waals surface area contributed by atoms with E-state index < -0.39 is 17.6 Å². The molecule has 1 saturated heterocycles. The second-order valence-electron chi connectivity index (χ2n) is 6.83. The lowest BCUT2D eigenvalue weighted by Crippen LogP contribution is -2.38. The highest BCUT2D eigenvalue weighted by Crippen LogP contribution is 2.39. The molecule has 3 heterocycles. The van der Waals surface area contributed by atoms with E-state index in [4.69, 9.17) is 5.26 Å². The average Bonchev–Trinajstić information content (AvgIpc) is 3.09. The Morgan fingerprint density at radius 1 is 1.28 bits per heavy atom. The van der Waals surface area contributed by atoms with Crippen LogP contribution >= 0.6 is 0 Å². The molecule has 150 valence electrons. The van der Waals surface area contributed by atoms with Crippen LogP contribution in [-0.2, 0) is 6.18 Å². The highest BCUT2D eigenvalue weighted by Gasteiger charge is 2.36. The van der Waals surface area contributed by atoms with Crippen molar-refractivity contribution in [3.63, 3.8) is 0 Å². The third kappa shape index (κ3) is 3.73. The van der Waals surface area contributed by atoms with E-state index in [1.165, 1.54) is 12.3 Å². The van der Waals surface area contributed by atoms with Crippen LogP contribution in [0, 0.1) is 17.1 Å². The molecule has 0 bridgehead atoms. The van der Waals surface area contributed by atoms with Crippen LogP contribution in [0.3, 0.4) is 0 Å². The Labute approximate surface area is 163 Å². The van der Waals surface area contributed by atoms with Crippen molar-refractivity contribution < 1.29 is 17.6 Å². The monoisotopic (exact) mass is 404 g/mol. The summed E-state index contributed by atoms with van der Waals surface area (Å²) in [6.07, 6.45) is -0.834. The average molecular weight is 404 g/mol. The lowest BCUT2D eigenvalue weighted by atomic mass is 10.0. The number of halogens is 4. The first-order valence-corrected chi connectivity index (χ1v) is 8.99. The standard InChI is InChI=1S/C19H16F4N6/c20-15-5-12-13(8-26-16(12)4-10(15)6-24)17-14(19(21,22)23)9-27-18(29-17)28-11-2-1-3-25-7-11/h4-5,8-9,11,25-26H,1-3,7H2,(H,27,28,29)/t11-/m0/s1. The second kappa shape index (κ2) is 7.33. The van der Waals surface area contributed by atoms with Crippen molar-refractivity contribution in [2.24, 2.45) is 0 Å². The number of hydrogen-bond donors (Lipinski definition) is 3. The third-order valence-corrected chi connectivity index (χ3v) is 4.87. The first-order chi connectivity index (χ1) is 13.9. The highest BCUT2D eigenvalue weighted by molar-refractivity contribution is 5.96. The second-order valence-corrected chi connectivity index (χ2v) is 6.83. The molecule has 10 heteroatoms. The summed E-state index contributed by atoms with van der Waals surface area (Å²) in [5.74, 6) is -0.736. The van der Waals surface area contributed by atoms with Gasteiger partial charge in [-0.25, -0.2) is 14.4 Å². The van der Waals surface area contributed by atoms with Crippen molar-refractivity contribution >= 4 is 16.9 Å². The fraction of sp³-hybridized carbons (Fsp3) is 0.316. The number of rotatable bonds is 3. The number of piperidine rings is 1. The number of nitriles is 1. The first-order valence-electron chi connectivity index (χ1n) is 8.99. The van der Waals surface area contributed by atoms with Gasteiger partial charge in [-0.15, -0.1) is 0 Å². The Balaban J connectivity index is 1.82. The maximum Gasteiger partial charge on any atom is 0.419 e. The van der Waals surface area contributed by atoms with Crippen molar-refractivity contribution in [2.75, 3.05) is 18.4 Å². The molecule has 0 aliphatic carbocycles. The molecular formula is C19H16F4N6. The topological polar surface area (TPSA) is 89.4 Å². The number of anilines is 1. The molecule has 0 radical (unpaired) electrons. The van der Waals surface area contributed by atoms with Gasteiger partial charge in [-0.1, -0.05) is 0 Å². The molecular weight excluding hydrogens is 388 g/mol. The highest BCUT2D eigenvalue weighted by atomic mass is 19.4. The van der Waals surface area contributed by atoms with E-state index in [0.29, 0.717) is 12.1 Å². The first kappa shape index (κ1) is 19.1. The van der Waals surface area contributed by atoms with Crippen molar-refractivity contribution in [3.05, 3.63) is 41.5 Å². The summed E-state index contributed by atoms with van der Waals surface area (Å²) in [6, 6.07) is 4.02. The fourth-order valence-electron chi connectivity index (χ4n) is 3.45. The van der Waals surface area contributed by atoms with E-state index in [1.54, 1.807) is 6.07 Å². The van der Waals surface area contributed by atoms with Crippen LogP contribution in [0.1, 0.15) is 24.0 Å². The fourth-order valence-corrected chi connectivity index (χ4v) is 3.45. The number of alkyl halides is 3. The molecule has 0 amide bonds. The van der Waals surface area contributed by atoms with Gasteiger partial charge in [0.25, 0.3) is 0 Å². The number of fused-ring (bicyclic) bond motifs is 1. The molecule has 1 aliphatic rings. The minimum atomic E-state index is -4.69. The molecule has 0 spiro atoms. The van der Waals surface area contributed by atoms with Crippen LogP contribution in [-0.4, -0.2) is 34.1 Å². The predicted octanol–water partition coefficient (Wildman–Crippen LogP) is 3.82. The van der Waals surface area contributed by atoms with Crippen LogP contribution in [0.5, 0.6) is 0 Å². The third-order valence-electron chi connectivity index (χ3n) is 4.87. The van der Waals surface area contributed by atoms with E-state index in [2.05, 4.69) is 25.6 Å². The number of H-pyrrole nitrogens is 1. The van der Waals surface area contributed by atoms with Crippen molar-refractivity contribution in [2.45, 2.75) is 25.1 Å². The lowest BCUT2D eigenvalue weighted by molar-refractivity contribution is -0.137. The van der Waals surface area contributed by atoms with E-state index in [9.17, 15) is 17.6 Å². The molecule has 2 aromatic heterocycles. The Morgan fingerprint density at radius 2 is 2.10 bits per heavy atom. The number of nitrogens with one attached hydrogen (secondary N) is 3. The normalized spacial score (nSPS) is 17.3. The maximum atomic E-state index is 14.1. The molecule has 4 rings (SSSR count). The van der Waals surface area contributed by atoms with Crippen molar-refractivity contribution in [1.29, 1.82) is 5.26 Å². The Bertz CT molecular complexity index is 1090. The van der Waals surface area contributed by atoms with Crippen LogP contribution in [0.2, 0.25) is 0 Å². The summed E-state index contributed by atoms with van der Waals surface area (Å²) in [7, 11) is 0. The van der Waals surface area contributed by atoms with E-state index in [-0.39, 0.29) is 34.2 Å². The van der Waals surface area contributed by atoms with Crippen LogP contribution < -0.4 is 10.6 Å². The zero-order valence-corrected chi connectivity index (χ0v) is 15.1. The summed E-state index contributed by atoms with van der Waals surface area (Å²) in [5.41, 5.74) is -1.14. The largest absolute Gasteiger partial charge is 0.419 e. The van der Waals surface area contributed by atoms with Crippen LogP contribution in [0.25, 0.3) is 22.2 Å². The SMILES string of the molecule is N#Cc1cc2[nH]cc(-c3nc(N[C@H]4CCCNC4)ncc3C(F)(F)F)c2cc1F. The molecule has 0 unspecified atom stereocenters. The molecule has 0 saturated carbocycles. The van der Waals surface area contributed by atoms with Crippen LogP contribution in [0.15, 0.2) is 24.5 Å². The predicted molar refractivity (Wildman–Crippen MR) is 98.5 cm³/mol. The Morgan fingerprint density at radius 3 is 2.79 bits per heavy atom. The van der Waals surface area contributed by atoms with Gasteiger partial charge in [0, 0.05) is 41.4 Å². The molecule has 1 aromatic carbocycles. The lowest BCUT2D eigenvalue weighted by Gasteiger charge is -2.24. The van der Waals surface area contributed by atoms with Gasteiger partial charge >= 0.3 is 6.18 Å². The van der Waals surface area contributed by atoms with E-state index in [0.717, 1.165) is 31.6 Å². The summed E-state index contributed by atoms with van der Waals surface area (Å²) in [6.45, 7) is 1.55. The maximum absolute atomic E-state index is 14.1. The van der Waals surface area contributed by atoms with Gasteiger partial charge in [-0.2, -0.15) is 18.4 Å². The molecule has 29 heavy (non-hydrogen) atoms. The number of nitrogens with zero attached hydrogens (tertiary/aromatic N) is 3. The summed E-state index contributed by atoms with van der Waals surface area (Å²) in [5, 5.41) is 15.4. The number of aromatic nitrogens is 3. The minimum absolute atomic E-state index is 0.00642. The quantitative estimate of drug-likeness (QED) is 0.578. The molecule has 3 aromatic rings. The van der Waals surface area contributed by atoms with Gasteiger partial charge in [0.1, 0.15) is 17.4 Å². The minimum Gasteiger partial charge on any atom is -0.360 e. The van der Waals surface area contributed by atoms with Gasteiger partial charge in [0.2, 0.25) is 5.95 Å². The smallest absolute Gasteiger partial charge is 0.360 e. The molecule has 3 N–H and O–H groups in total. The van der Waals surface area contributed by atoms with E-state index >= 15 is 0 Å². The Kier molecular flexibility index (Phi) is 4.84. The van der Waals surface area contributed by atoms with Gasteiger partial charge in [-0.3, -0.25) is 0 Å². The van der Waals surface area contributed by atoms with Crippen molar-refractivity contribution in [1.82, 2.24) is 20.3 Å². The zero-order chi connectivity index (χ0) is 20.6. The van der Waals surface area contributed by atoms with Crippen molar-refractivity contribution in [3.8, 4) is 17.3 Å². The molecule has 1 fully saturated rings. The molecule has 6 nitrogen and oxygen atoms in total. The molecule has 1 atom stereocenters. The summed E-state index contributed by atoms with van der Waals surface area (Å²) < 4.78 is 54.9. The van der Waals surface area contributed by atoms with Gasteiger partial charge in [0.15, 0.2) is 0 Å². The molecule has 1 aliphatic heterocycles. The summed E-state index contributed by atoms with van der Waals surface area (Å²) in [4.78, 5) is 10.8. The van der Waals surface area contributed by atoms with Gasteiger partial charge in [0.05, 0.1) is 11.3 Å². The van der Waals surface area contributed by atoms with Crippen LogP contribution in [0.4, 0.5) is 23.5 Å². The number of aromatic amines is 1. The van der Waals surface area contributed by atoms with Gasteiger partial charge < -0.3 is 15.6 Å². The summed E-state index contributed by atoms with van der Waals surface area (Å²) >= 11 is 0. The van der Waals surface area contributed by atoms with Gasteiger partial charge in [-0.05, 0) is 31.5 Å².